The summed E-state index contributed by atoms with van der Waals surface area (Å²) in [7, 11) is 2.01. The molecule has 5 rings (SSSR count). The fourth-order valence-electron chi connectivity index (χ4n) is 6.48. The molecule has 5 atom stereocenters. The average Bonchev–Trinajstić information content (AvgIpc) is 3.19. The lowest BCUT2D eigenvalue weighted by Crippen LogP contribution is -2.43. The van der Waals surface area contributed by atoms with E-state index in [9.17, 15) is 19.8 Å². The fraction of sp³-hybridized carbons (Fsp3) is 0.381. The Balaban J connectivity index is 1.23. The van der Waals surface area contributed by atoms with Crippen LogP contribution in [0, 0.1) is 0 Å². The summed E-state index contributed by atoms with van der Waals surface area (Å²) in [4.78, 5) is 25.6. The third-order valence-corrected chi connectivity index (χ3v) is 9.77. The number of ether oxygens (including phenoxy) is 2. The van der Waals surface area contributed by atoms with E-state index in [0.29, 0.717) is 38.8 Å². The van der Waals surface area contributed by atoms with Crippen LogP contribution in [0.4, 0.5) is 0 Å². The van der Waals surface area contributed by atoms with Gasteiger partial charge in [0, 0.05) is 44.0 Å². The Morgan fingerprint density at radius 3 is 2.19 bits per heavy atom. The highest BCUT2D eigenvalue weighted by Crippen LogP contribution is 2.39. The highest BCUT2D eigenvalue weighted by Gasteiger charge is 2.34. The Morgan fingerprint density at radius 2 is 1.50 bits per heavy atom. The third kappa shape index (κ3) is 11.0. The van der Waals surface area contributed by atoms with Gasteiger partial charge in [-0.15, -0.1) is 0 Å². The van der Waals surface area contributed by atoms with Crippen LogP contribution in [0.3, 0.4) is 0 Å². The van der Waals surface area contributed by atoms with Gasteiger partial charge in [-0.2, -0.15) is 0 Å². The summed E-state index contributed by atoms with van der Waals surface area (Å²) in [6.07, 6.45) is 1.65. The number of carbonyl (C=O) groups excluding carboxylic acids is 2. The lowest BCUT2D eigenvalue weighted by atomic mass is 9.98. The molecule has 1 aliphatic heterocycles. The van der Waals surface area contributed by atoms with Gasteiger partial charge in [0.05, 0.1) is 24.9 Å². The van der Waals surface area contributed by atoms with Gasteiger partial charge in [-0.3, -0.25) is 19.7 Å². The Hall–Kier alpha value is -4.42. The molecular weight excluding hydrogens is 658 g/mol. The van der Waals surface area contributed by atoms with Gasteiger partial charge in [0.25, 0.3) is 0 Å². The van der Waals surface area contributed by atoms with Crippen molar-refractivity contribution in [2.45, 2.75) is 89.2 Å². The molecule has 0 saturated carbocycles. The van der Waals surface area contributed by atoms with Crippen LogP contribution in [-0.4, -0.2) is 57.9 Å². The van der Waals surface area contributed by atoms with Crippen molar-refractivity contribution < 1.29 is 34.5 Å². The van der Waals surface area contributed by atoms with Crippen molar-refractivity contribution >= 4 is 11.8 Å². The number of aliphatic hydroxyl groups excluding tert-OH is 2. The van der Waals surface area contributed by atoms with Crippen molar-refractivity contribution in [3.63, 3.8) is 0 Å². The number of hydrogen-bond donors (Lipinski definition) is 5. The Labute approximate surface area is 306 Å². The molecule has 0 bridgehead atoms. The van der Waals surface area contributed by atoms with Crippen molar-refractivity contribution in [3.05, 3.63) is 131 Å². The molecule has 0 aliphatic carbocycles. The number of hydroxylamine groups is 1. The molecule has 4 aromatic rings. The quantitative estimate of drug-likeness (QED) is 0.0475. The largest absolute Gasteiger partial charge is 0.392 e. The zero-order chi connectivity index (χ0) is 36.9. The maximum Gasteiger partial charge on any atom is 0.243 e. The zero-order valence-electron chi connectivity index (χ0n) is 30.0. The van der Waals surface area contributed by atoms with Crippen LogP contribution in [-0.2, 0) is 32.2 Å². The topological polar surface area (TPSA) is 141 Å². The summed E-state index contributed by atoms with van der Waals surface area (Å²) in [5.74, 6) is -0.452. The van der Waals surface area contributed by atoms with Gasteiger partial charge in [0.2, 0.25) is 11.8 Å². The molecule has 5 N–H and O–H groups in total. The van der Waals surface area contributed by atoms with Gasteiger partial charge >= 0.3 is 0 Å². The molecule has 10 nitrogen and oxygen atoms in total. The minimum atomic E-state index is -0.642. The first-order valence-corrected chi connectivity index (χ1v) is 18.1. The van der Waals surface area contributed by atoms with Crippen LogP contribution >= 0.6 is 0 Å². The first kappa shape index (κ1) is 38.8. The van der Waals surface area contributed by atoms with E-state index in [4.69, 9.17) is 14.7 Å². The molecule has 1 heterocycles. The molecule has 1 fully saturated rings. The van der Waals surface area contributed by atoms with Crippen LogP contribution in [0.2, 0.25) is 0 Å². The third-order valence-electron chi connectivity index (χ3n) is 9.77. The minimum Gasteiger partial charge on any atom is -0.392 e. The Morgan fingerprint density at radius 1 is 0.808 bits per heavy atom. The number of carbonyl (C=O) groups is 2. The van der Waals surface area contributed by atoms with Crippen LogP contribution in [0.5, 0.6) is 0 Å². The second-order valence-electron chi connectivity index (χ2n) is 13.6. The van der Waals surface area contributed by atoms with Crippen LogP contribution in [0.1, 0.15) is 91.8 Å². The Bertz CT molecular complexity index is 1700. The van der Waals surface area contributed by atoms with Crippen molar-refractivity contribution in [1.82, 2.24) is 15.7 Å². The number of nitrogens with one attached hydrogen (secondary N) is 2. The van der Waals surface area contributed by atoms with Crippen molar-refractivity contribution in [2.24, 2.45) is 0 Å². The van der Waals surface area contributed by atoms with Gasteiger partial charge < -0.3 is 25.0 Å². The number of rotatable bonds is 17. The summed E-state index contributed by atoms with van der Waals surface area (Å²) in [5, 5.41) is 32.2. The van der Waals surface area contributed by atoms with Gasteiger partial charge in [0.15, 0.2) is 6.29 Å². The maximum atomic E-state index is 12.4. The van der Waals surface area contributed by atoms with E-state index < -0.39 is 18.3 Å². The molecule has 1 aliphatic rings. The molecule has 10 heteroatoms. The summed E-state index contributed by atoms with van der Waals surface area (Å²) in [6.45, 7) is 3.02. The predicted octanol–water partition coefficient (Wildman–Crippen LogP) is 6.52. The number of hydrogen-bond acceptors (Lipinski definition) is 8. The van der Waals surface area contributed by atoms with E-state index in [1.165, 1.54) is 0 Å². The minimum absolute atomic E-state index is 0.0208. The molecule has 2 amide bonds. The maximum absolute atomic E-state index is 12.4. The van der Waals surface area contributed by atoms with Crippen LogP contribution in [0.15, 0.2) is 103 Å². The molecular formula is C42H51N3O7. The lowest BCUT2D eigenvalue weighted by Gasteiger charge is -2.39. The van der Waals surface area contributed by atoms with Gasteiger partial charge in [-0.25, -0.2) is 5.48 Å². The second kappa shape index (κ2) is 19.4. The molecule has 1 saturated heterocycles. The number of unbranched alkanes of at least 4 members (excludes halogenated alkanes) is 2. The van der Waals surface area contributed by atoms with Gasteiger partial charge in [-0.1, -0.05) is 103 Å². The summed E-state index contributed by atoms with van der Waals surface area (Å²) in [6, 6.07) is 33.6. The van der Waals surface area contributed by atoms with Gasteiger partial charge in [0.1, 0.15) is 0 Å². The predicted molar refractivity (Wildman–Crippen MR) is 199 cm³/mol. The SMILES string of the molecule is C[C@H]([C@@H](O)c1ccccc1)N(C)C[C@@H]1C[C@H](c2ccc(CO)cc2)O[C@H](c2ccc(-c3cccc(CNC(=O)CCCCCC(=O)NO)c3)cc2)O1. The Kier molecular flexibility index (Phi) is 14.5. The van der Waals surface area contributed by atoms with E-state index in [1.807, 2.05) is 98.9 Å². The van der Waals surface area contributed by atoms with Crippen molar-refractivity contribution in [2.75, 3.05) is 13.6 Å². The van der Waals surface area contributed by atoms with E-state index >= 15 is 0 Å². The summed E-state index contributed by atoms with van der Waals surface area (Å²) in [5.41, 5.74) is 8.29. The fourth-order valence-corrected chi connectivity index (χ4v) is 6.48. The molecule has 4 aromatic carbocycles. The van der Waals surface area contributed by atoms with E-state index in [0.717, 1.165) is 45.4 Å². The number of benzene rings is 4. The standard InChI is InChI=1S/C42H51N3O7/c1-29(41(49)34-11-5-3-6-12-34)45(2)27-37-25-38(33-18-16-30(28-46)17-19-33)52-42(51-37)35-22-20-32(21-23-35)36-13-9-10-31(24-36)26-43-39(47)14-7-4-8-15-40(48)44-50/h3,5-6,9-13,16-24,29,37-38,41-42,46,49-50H,4,7-8,14-15,25-28H2,1-2H3,(H,43,47)(H,44,48)/t29-,37+,38-,41-,42-/m1/s1. The smallest absolute Gasteiger partial charge is 0.243 e. The number of aliphatic hydroxyl groups is 2. The second-order valence-corrected chi connectivity index (χ2v) is 13.6. The molecule has 0 spiro atoms. The number of likely N-dealkylation sites (N-methyl/N-ethyl adjacent to an activating group) is 1. The number of amides is 2. The monoisotopic (exact) mass is 709 g/mol. The first-order chi connectivity index (χ1) is 25.2. The van der Waals surface area contributed by atoms with E-state index in [-0.39, 0.29) is 37.2 Å². The highest BCUT2D eigenvalue weighted by molar-refractivity contribution is 5.76. The normalized spacial score (nSPS) is 18.5. The summed E-state index contributed by atoms with van der Waals surface area (Å²) < 4.78 is 13.2. The molecule has 52 heavy (non-hydrogen) atoms. The van der Waals surface area contributed by atoms with E-state index in [2.05, 4.69) is 28.4 Å². The van der Waals surface area contributed by atoms with Crippen LogP contribution in [0.25, 0.3) is 11.1 Å². The zero-order valence-corrected chi connectivity index (χ0v) is 30.0. The first-order valence-electron chi connectivity index (χ1n) is 18.1. The van der Waals surface area contributed by atoms with Crippen molar-refractivity contribution in [1.29, 1.82) is 0 Å². The number of nitrogens with zero attached hydrogens (tertiary/aromatic N) is 1. The van der Waals surface area contributed by atoms with Gasteiger partial charge in [-0.05, 0) is 66.3 Å². The molecule has 0 aromatic heterocycles. The van der Waals surface area contributed by atoms with Crippen LogP contribution < -0.4 is 10.8 Å². The highest BCUT2D eigenvalue weighted by atomic mass is 16.7. The average molecular weight is 710 g/mol. The molecule has 276 valence electrons. The van der Waals surface area contributed by atoms with E-state index in [1.54, 1.807) is 5.48 Å². The van der Waals surface area contributed by atoms with Crippen molar-refractivity contribution in [3.8, 4) is 11.1 Å². The molecule has 0 unspecified atom stereocenters. The summed E-state index contributed by atoms with van der Waals surface area (Å²) >= 11 is 0. The lowest BCUT2D eigenvalue weighted by molar-refractivity contribution is -0.253. The molecule has 0 radical (unpaired) electrons.